The van der Waals surface area contributed by atoms with E-state index >= 15 is 0 Å². The van der Waals surface area contributed by atoms with Crippen molar-refractivity contribution in [3.63, 3.8) is 0 Å². The number of rotatable bonds is 8. The fourth-order valence-electron chi connectivity index (χ4n) is 2.63. The summed E-state index contributed by atoms with van der Waals surface area (Å²) in [4.78, 5) is 4.45. The second-order valence-corrected chi connectivity index (χ2v) is 6.57. The predicted molar refractivity (Wildman–Crippen MR) is 109 cm³/mol. The van der Waals surface area contributed by atoms with Gasteiger partial charge in [0.1, 0.15) is 5.75 Å². The molecule has 2 aromatic rings. The Morgan fingerprint density at radius 2 is 1.87 bits per heavy atom. The number of guanidine groups is 1. The van der Waals surface area contributed by atoms with Crippen LogP contribution in [0.4, 0.5) is 13.2 Å². The van der Waals surface area contributed by atoms with Crippen molar-refractivity contribution in [1.29, 1.82) is 0 Å². The number of alkyl halides is 3. The van der Waals surface area contributed by atoms with E-state index in [9.17, 15) is 18.3 Å². The maximum absolute atomic E-state index is 12.5. The summed E-state index contributed by atoms with van der Waals surface area (Å²) in [6.07, 6.45) is -4.41. The van der Waals surface area contributed by atoms with Crippen molar-refractivity contribution < 1.29 is 27.8 Å². The molecule has 6 nitrogen and oxygen atoms in total. The Labute approximate surface area is 173 Å². The lowest BCUT2D eigenvalue weighted by Gasteiger charge is -2.16. The lowest BCUT2D eigenvalue weighted by Crippen LogP contribution is -2.37. The number of hydrogen-bond donors (Lipinski definition) is 3. The van der Waals surface area contributed by atoms with E-state index in [4.69, 9.17) is 9.47 Å². The lowest BCUT2D eigenvalue weighted by molar-refractivity contribution is -0.153. The van der Waals surface area contributed by atoms with Crippen LogP contribution in [0.3, 0.4) is 0 Å². The second kappa shape index (κ2) is 10.6. The van der Waals surface area contributed by atoms with Crippen LogP contribution < -0.4 is 20.1 Å². The van der Waals surface area contributed by atoms with Crippen LogP contribution >= 0.6 is 0 Å². The van der Waals surface area contributed by atoms with Crippen LogP contribution in [0.2, 0.25) is 0 Å². The van der Waals surface area contributed by atoms with Crippen molar-refractivity contribution in [1.82, 2.24) is 10.6 Å². The molecule has 2 aromatic carbocycles. The van der Waals surface area contributed by atoms with Crippen molar-refractivity contribution in [2.75, 3.05) is 20.3 Å². The highest BCUT2D eigenvalue weighted by Crippen LogP contribution is 2.26. The van der Waals surface area contributed by atoms with Crippen molar-refractivity contribution in [2.45, 2.75) is 33.1 Å². The van der Waals surface area contributed by atoms with Crippen LogP contribution in [0.15, 0.2) is 41.4 Å². The van der Waals surface area contributed by atoms with Gasteiger partial charge in [-0.15, -0.1) is 0 Å². The molecule has 0 heterocycles. The van der Waals surface area contributed by atoms with E-state index in [1.54, 1.807) is 37.3 Å². The second-order valence-electron chi connectivity index (χ2n) is 6.57. The molecular weight excluding hydrogens is 399 g/mol. The third kappa shape index (κ3) is 7.38. The van der Waals surface area contributed by atoms with Crippen LogP contribution in [0.1, 0.15) is 23.6 Å². The van der Waals surface area contributed by atoms with Crippen LogP contribution in [0.25, 0.3) is 0 Å². The van der Waals surface area contributed by atoms with Crippen LogP contribution in [0, 0.1) is 6.92 Å². The minimum atomic E-state index is -4.41. The van der Waals surface area contributed by atoms with Crippen LogP contribution in [-0.2, 0) is 13.1 Å². The summed E-state index contributed by atoms with van der Waals surface area (Å²) in [6.45, 7) is 3.46. The molecule has 0 aliphatic carbocycles. The van der Waals surface area contributed by atoms with Gasteiger partial charge >= 0.3 is 6.18 Å². The number of aryl methyl sites for hydroxylation is 1. The molecule has 0 radical (unpaired) electrons. The maximum Gasteiger partial charge on any atom is 0.422 e. The van der Waals surface area contributed by atoms with Gasteiger partial charge in [0, 0.05) is 18.7 Å². The molecule has 0 bridgehead atoms. The van der Waals surface area contributed by atoms with Gasteiger partial charge in [0.15, 0.2) is 24.1 Å². The fraction of sp³-hybridized carbons (Fsp3) is 0.381. The average Bonchev–Trinajstić information content (AvgIpc) is 2.69. The van der Waals surface area contributed by atoms with Crippen molar-refractivity contribution >= 4 is 5.96 Å². The highest BCUT2D eigenvalue weighted by Gasteiger charge is 2.28. The van der Waals surface area contributed by atoms with E-state index in [1.165, 1.54) is 7.11 Å². The molecule has 9 heteroatoms. The van der Waals surface area contributed by atoms with Crippen molar-refractivity contribution in [2.24, 2.45) is 4.99 Å². The van der Waals surface area contributed by atoms with Gasteiger partial charge in [0.25, 0.3) is 0 Å². The number of phenolic OH excluding ortho intramolecular Hbond substituents is 1. The van der Waals surface area contributed by atoms with Crippen LogP contribution in [0.5, 0.6) is 17.2 Å². The number of halogens is 3. The molecule has 2 rings (SSSR count). The molecule has 0 atom stereocenters. The molecule has 164 valence electrons. The standard InChI is InChI=1S/C21H26F3N3O3/c1-4-25-20(26-11-15-6-8-18(29-3)17(28)10-15)27-12-16-7-5-14(2)9-19(16)30-13-21(22,23)24/h5-10,28H,4,11-13H2,1-3H3,(H2,25,26,27). The van der Waals surface area contributed by atoms with Gasteiger partial charge in [0.05, 0.1) is 13.7 Å². The predicted octanol–water partition coefficient (Wildman–Crippen LogP) is 3.91. The molecule has 0 saturated heterocycles. The fourth-order valence-corrected chi connectivity index (χ4v) is 2.63. The Bertz CT molecular complexity index is 870. The van der Waals surface area contributed by atoms with Gasteiger partial charge in [-0.25, -0.2) is 4.99 Å². The van der Waals surface area contributed by atoms with Gasteiger partial charge in [-0.3, -0.25) is 0 Å². The molecule has 0 aromatic heterocycles. The summed E-state index contributed by atoms with van der Waals surface area (Å²) >= 11 is 0. The minimum Gasteiger partial charge on any atom is -0.504 e. The van der Waals surface area contributed by atoms with Crippen molar-refractivity contribution in [3.8, 4) is 17.2 Å². The first-order valence-corrected chi connectivity index (χ1v) is 9.39. The zero-order valence-electron chi connectivity index (χ0n) is 17.1. The molecular formula is C21H26F3N3O3. The lowest BCUT2D eigenvalue weighted by atomic mass is 10.1. The summed E-state index contributed by atoms with van der Waals surface area (Å²) in [5.74, 6) is 1.05. The Morgan fingerprint density at radius 3 is 2.50 bits per heavy atom. The van der Waals surface area contributed by atoms with Gasteiger partial charge in [0.2, 0.25) is 0 Å². The monoisotopic (exact) mass is 425 g/mol. The van der Waals surface area contributed by atoms with E-state index in [0.29, 0.717) is 23.8 Å². The topological polar surface area (TPSA) is 75.1 Å². The number of phenols is 1. The molecule has 0 amide bonds. The summed E-state index contributed by atoms with van der Waals surface area (Å²) in [7, 11) is 1.47. The molecule has 0 aliphatic heterocycles. The molecule has 0 unspecified atom stereocenters. The summed E-state index contributed by atoms with van der Waals surface area (Å²) in [6, 6.07) is 10.1. The number of benzene rings is 2. The maximum atomic E-state index is 12.5. The number of hydrogen-bond acceptors (Lipinski definition) is 4. The largest absolute Gasteiger partial charge is 0.504 e. The summed E-state index contributed by atoms with van der Waals surface area (Å²) < 4.78 is 47.6. The molecule has 3 N–H and O–H groups in total. The van der Waals surface area contributed by atoms with E-state index in [-0.39, 0.29) is 24.6 Å². The Kier molecular flexibility index (Phi) is 8.20. The smallest absolute Gasteiger partial charge is 0.422 e. The number of methoxy groups -OCH3 is 1. The molecule has 0 aliphatic rings. The first kappa shape index (κ1) is 23.2. The quantitative estimate of drug-likeness (QED) is 0.442. The summed E-state index contributed by atoms with van der Waals surface area (Å²) in [5.41, 5.74) is 2.16. The molecule has 30 heavy (non-hydrogen) atoms. The number of aromatic hydroxyl groups is 1. The zero-order valence-corrected chi connectivity index (χ0v) is 17.1. The third-order valence-corrected chi connectivity index (χ3v) is 4.07. The minimum absolute atomic E-state index is 0.0225. The van der Waals surface area contributed by atoms with Gasteiger partial charge in [-0.1, -0.05) is 18.2 Å². The zero-order chi connectivity index (χ0) is 22.1. The molecule has 0 fully saturated rings. The Morgan fingerprint density at radius 1 is 1.10 bits per heavy atom. The summed E-state index contributed by atoms with van der Waals surface area (Å²) in [5, 5.41) is 16.0. The average molecular weight is 425 g/mol. The van der Waals surface area contributed by atoms with Crippen molar-refractivity contribution in [3.05, 3.63) is 53.1 Å². The number of aliphatic imine (C=N–C) groups is 1. The van der Waals surface area contributed by atoms with Crippen LogP contribution in [-0.4, -0.2) is 37.5 Å². The normalized spacial score (nSPS) is 11.9. The third-order valence-electron chi connectivity index (χ3n) is 4.07. The van der Waals surface area contributed by atoms with Gasteiger partial charge < -0.3 is 25.2 Å². The number of ether oxygens (including phenoxy) is 2. The van der Waals surface area contributed by atoms with Gasteiger partial charge in [-0.05, 0) is 43.2 Å². The Hall–Kier alpha value is -3.10. The van der Waals surface area contributed by atoms with Gasteiger partial charge in [-0.2, -0.15) is 13.2 Å². The Balaban J connectivity index is 2.08. The molecule has 0 saturated carbocycles. The number of nitrogens with one attached hydrogen (secondary N) is 2. The highest BCUT2D eigenvalue weighted by molar-refractivity contribution is 5.79. The van der Waals surface area contributed by atoms with E-state index in [1.807, 2.05) is 13.0 Å². The van der Waals surface area contributed by atoms with E-state index < -0.39 is 12.8 Å². The molecule has 0 spiro atoms. The first-order valence-electron chi connectivity index (χ1n) is 9.39. The van der Waals surface area contributed by atoms with E-state index in [2.05, 4.69) is 15.6 Å². The first-order chi connectivity index (χ1) is 14.2. The van der Waals surface area contributed by atoms with E-state index in [0.717, 1.165) is 11.1 Å². The highest BCUT2D eigenvalue weighted by atomic mass is 19.4. The SMILES string of the molecule is CCNC(=NCc1ccc(OC)c(O)c1)NCc1ccc(C)cc1OCC(F)(F)F. The number of nitrogens with zero attached hydrogens (tertiary/aromatic N) is 1.